The van der Waals surface area contributed by atoms with Gasteiger partial charge in [-0.15, -0.1) is 0 Å². The molecule has 0 saturated carbocycles. The van der Waals surface area contributed by atoms with Crippen LogP contribution in [0.4, 0.5) is 11.4 Å². The average Bonchev–Trinajstić information content (AvgIpc) is 3.19. The van der Waals surface area contributed by atoms with Gasteiger partial charge in [0.15, 0.2) is 0 Å². The highest BCUT2D eigenvalue weighted by Crippen LogP contribution is 2.47. The van der Waals surface area contributed by atoms with Crippen LogP contribution in [0, 0.1) is 27.9 Å². The van der Waals surface area contributed by atoms with Gasteiger partial charge in [0, 0.05) is 18.1 Å². The lowest BCUT2D eigenvalue weighted by Gasteiger charge is -2.36. The Labute approximate surface area is 236 Å². The number of allylic oxidation sites excluding steroid dienone is 1. The Hall–Kier alpha value is -3.57. The van der Waals surface area contributed by atoms with Gasteiger partial charge in [0.25, 0.3) is 5.69 Å². The number of phenolic OH excluding ortho intramolecular Hbond substituents is 1. The number of nitro benzene ring substituents is 1. The van der Waals surface area contributed by atoms with Crippen molar-refractivity contribution in [2.75, 3.05) is 18.1 Å². The predicted molar refractivity (Wildman–Crippen MR) is 148 cm³/mol. The van der Waals surface area contributed by atoms with E-state index in [1.807, 2.05) is 13.0 Å². The molecule has 2 aliphatic rings. The molecule has 1 fully saturated rings. The normalized spacial score (nSPS) is 22.1. The standard InChI is InChI=1S/C29H31ClN2O8/c1-2-16(10-17-7-8-21(35)13-24(17)30)6-9-25(36)26-18(14-33)11-22-27(23(26)15-34)29(38)31(28(22)37)19-4-3-5-20(12-19)32(39)40/h3-5,7-8,10,12-13,22-23,25,27,33-36H,2,6,9,11,14-15H2,1H3/b16-10+/t22-,23+,25-,27-/m1/s1. The van der Waals surface area contributed by atoms with Crippen LogP contribution in [0.25, 0.3) is 6.08 Å². The van der Waals surface area contributed by atoms with Crippen LogP contribution in [0.2, 0.25) is 5.02 Å². The number of hydrogen-bond donors (Lipinski definition) is 4. The van der Waals surface area contributed by atoms with Crippen molar-refractivity contribution in [3.8, 4) is 5.75 Å². The smallest absolute Gasteiger partial charge is 0.271 e. The summed E-state index contributed by atoms with van der Waals surface area (Å²) in [7, 11) is 0. The van der Waals surface area contributed by atoms with E-state index in [0.29, 0.717) is 34.6 Å². The van der Waals surface area contributed by atoms with Gasteiger partial charge in [-0.3, -0.25) is 19.7 Å². The number of benzene rings is 2. The number of anilines is 1. The molecule has 4 rings (SSSR count). The monoisotopic (exact) mass is 570 g/mol. The number of aromatic hydroxyl groups is 1. The molecule has 0 radical (unpaired) electrons. The molecule has 2 aromatic carbocycles. The molecule has 0 spiro atoms. The Morgan fingerprint density at radius 2 is 1.95 bits per heavy atom. The Morgan fingerprint density at radius 1 is 1.20 bits per heavy atom. The van der Waals surface area contributed by atoms with Crippen LogP contribution in [0.1, 0.15) is 38.2 Å². The number of amides is 2. The molecule has 0 bridgehead atoms. The van der Waals surface area contributed by atoms with Crippen LogP contribution in [-0.4, -0.2) is 56.5 Å². The number of nitrogens with zero attached hydrogens (tertiary/aromatic N) is 2. The molecule has 212 valence electrons. The predicted octanol–water partition coefficient (Wildman–Crippen LogP) is 4.00. The third-order valence-electron chi connectivity index (χ3n) is 7.77. The van der Waals surface area contributed by atoms with Crippen molar-refractivity contribution in [2.24, 2.45) is 17.8 Å². The zero-order valence-electron chi connectivity index (χ0n) is 21.9. The van der Waals surface area contributed by atoms with Gasteiger partial charge >= 0.3 is 0 Å². The molecule has 40 heavy (non-hydrogen) atoms. The number of carbonyl (C=O) groups is 2. The van der Waals surface area contributed by atoms with Crippen molar-refractivity contribution in [1.29, 1.82) is 0 Å². The highest BCUT2D eigenvalue weighted by atomic mass is 35.5. The Balaban J connectivity index is 1.59. The quantitative estimate of drug-likeness (QED) is 0.144. The molecule has 4 atom stereocenters. The second-order valence-electron chi connectivity index (χ2n) is 10.0. The number of fused-ring (bicyclic) bond motifs is 1. The van der Waals surface area contributed by atoms with Crippen molar-refractivity contribution in [2.45, 2.75) is 38.7 Å². The van der Waals surface area contributed by atoms with Crippen molar-refractivity contribution in [1.82, 2.24) is 0 Å². The molecule has 1 saturated heterocycles. The van der Waals surface area contributed by atoms with E-state index >= 15 is 0 Å². The number of carbonyl (C=O) groups excluding carboxylic acids is 2. The maximum Gasteiger partial charge on any atom is 0.271 e. The molecule has 11 heteroatoms. The number of aliphatic hydroxyl groups excluding tert-OH is 3. The van der Waals surface area contributed by atoms with Crippen molar-refractivity contribution < 1.29 is 34.9 Å². The van der Waals surface area contributed by atoms with E-state index in [0.717, 1.165) is 16.5 Å². The van der Waals surface area contributed by atoms with Crippen molar-refractivity contribution in [3.63, 3.8) is 0 Å². The SMILES string of the molecule is CC/C(=C\c1ccc(O)cc1Cl)CC[C@@H](O)C1=C(CO)C[C@H]2C(=O)N(c3cccc([N+](=O)[O-])c3)C(=O)[C@H]2[C@H]1CO. The van der Waals surface area contributed by atoms with E-state index in [1.165, 1.54) is 30.3 Å². The number of nitro groups is 1. The summed E-state index contributed by atoms with van der Waals surface area (Å²) in [5.41, 5.74) is 2.23. The Morgan fingerprint density at radius 3 is 2.58 bits per heavy atom. The van der Waals surface area contributed by atoms with E-state index < -0.39 is 53.8 Å². The summed E-state index contributed by atoms with van der Waals surface area (Å²) in [5, 5.41) is 53.0. The minimum atomic E-state index is -1.10. The minimum Gasteiger partial charge on any atom is -0.508 e. The van der Waals surface area contributed by atoms with Crippen LogP contribution >= 0.6 is 11.6 Å². The van der Waals surface area contributed by atoms with E-state index in [1.54, 1.807) is 6.07 Å². The van der Waals surface area contributed by atoms with E-state index in [9.17, 15) is 40.1 Å². The number of phenols is 1. The highest BCUT2D eigenvalue weighted by molar-refractivity contribution is 6.32. The van der Waals surface area contributed by atoms with Crippen LogP contribution in [0.5, 0.6) is 5.75 Å². The van der Waals surface area contributed by atoms with Crippen LogP contribution < -0.4 is 4.90 Å². The van der Waals surface area contributed by atoms with Crippen molar-refractivity contribution >= 4 is 40.9 Å². The highest BCUT2D eigenvalue weighted by Gasteiger charge is 2.55. The van der Waals surface area contributed by atoms with Gasteiger partial charge < -0.3 is 20.4 Å². The molecule has 1 aliphatic heterocycles. The lowest BCUT2D eigenvalue weighted by Crippen LogP contribution is -2.39. The fourth-order valence-corrected chi connectivity index (χ4v) is 6.02. The molecule has 1 heterocycles. The maximum atomic E-state index is 13.6. The summed E-state index contributed by atoms with van der Waals surface area (Å²) in [6.45, 7) is 0.973. The first-order valence-corrected chi connectivity index (χ1v) is 13.4. The van der Waals surface area contributed by atoms with Gasteiger partial charge in [0.2, 0.25) is 11.8 Å². The maximum absolute atomic E-state index is 13.6. The van der Waals surface area contributed by atoms with Gasteiger partial charge in [-0.1, -0.05) is 36.2 Å². The molecule has 1 aliphatic carbocycles. The Bertz CT molecular complexity index is 1390. The lowest BCUT2D eigenvalue weighted by molar-refractivity contribution is -0.384. The lowest BCUT2D eigenvalue weighted by atomic mass is 9.68. The summed E-state index contributed by atoms with van der Waals surface area (Å²) < 4.78 is 0. The first kappa shape index (κ1) is 29.4. The Kier molecular flexibility index (Phi) is 9.05. The number of non-ortho nitro benzene ring substituents is 1. The van der Waals surface area contributed by atoms with E-state index in [-0.39, 0.29) is 30.0 Å². The average molecular weight is 571 g/mol. The fourth-order valence-electron chi connectivity index (χ4n) is 5.79. The second-order valence-corrected chi connectivity index (χ2v) is 10.5. The zero-order valence-corrected chi connectivity index (χ0v) is 22.6. The van der Waals surface area contributed by atoms with E-state index in [2.05, 4.69) is 0 Å². The van der Waals surface area contributed by atoms with Crippen molar-refractivity contribution in [3.05, 3.63) is 79.9 Å². The first-order chi connectivity index (χ1) is 19.1. The van der Waals surface area contributed by atoms with Gasteiger partial charge in [-0.25, -0.2) is 4.90 Å². The summed E-state index contributed by atoms with van der Waals surface area (Å²) in [4.78, 5) is 38.5. The number of imide groups is 1. The third-order valence-corrected chi connectivity index (χ3v) is 8.09. The third kappa shape index (κ3) is 5.66. The van der Waals surface area contributed by atoms with Gasteiger partial charge in [0.05, 0.1) is 46.8 Å². The summed E-state index contributed by atoms with van der Waals surface area (Å²) in [6.07, 6.45) is 2.16. The topological polar surface area (TPSA) is 161 Å². The number of rotatable bonds is 10. The van der Waals surface area contributed by atoms with E-state index in [4.69, 9.17) is 11.6 Å². The van der Waals surface area contributed by atoms with Gasteiger partial charge in [-0.2, -0.15) is 0 Å². The van der Waals surface area contributed by atoms with Crippen LogP contribution in [0.3, 0.4) is 0 Å². The van der Waals surface area contributed by atoms with Gasteiger partial charge in [-0.05, 0) is 66.7 Å². The molecule has 10 nitrogen and oxygen atoms in total. The molecule has 0 unspecified atom stereocenters. The van der Waals surface area contributed by atoms with Gasteiger partial charge in [0.1, 0.15) is 5.75 Å². The van der Waals surface area contributed by atoms with Crippen LogP contribution in [-0.2, 0) is 9.59 Å². The molecule has 2 amide bonds. The minimum absolute atomic E-state index is 0.0274. The summed E-state index contributed by atoms with van der Waals surface area (Å²) in [6, 6.07) is 9.88. The number of halogens is 1. The summed E-state index contributed by atoms with van der Waals surface area (Å²) in [5.74, 6) is -3.87. The van der Waals surface area contributed by atoms with Crippen LogP contribution in [0.15, 0.2) is 59.2 Å². The zero-order chi connectivity index (χ0) is 29.1. The number of hydrogen-bond acceptors (Lipinski definition) is 8. The molecule has 0 aromatic heterocycles. The second kappa shape index (κ2) is 12.3. The number of aliphatic hydroxyl groups is 3. The summed E-state index contributed by atoms with van der Waals surface area (Å²) >= 11 is 6.23. The molecular weight excluding hydrogens is 540 g/mol. The molecule has 4 N–H and O–H groups in total. The largest absolute Gasteiger partial charge is 0.508 e. The first-order valence-electron chi connectivity index (χ1n) is 13.0. The molecular formula is C29H31ClN2O8. The molecule has 2 aromatic rings. The fraction of sp³-hybridized carbons (Fsp3) is 0.379.